The van der Waals surface area contributed by atoms with Crippen molar-refractivity contribution in [3.63, 3.8) is 0 Å². The average Bonchev–Trinajstić information content (AvgIpc) is 3.45. The fraction of sp³-hybridized carbons (Fsp3) is 0.0952. The molecule has 1 aliphatic rings. The molecule has 16 nitrogen and oxygen atoms in total. The molecule has 0 amide bonds. The Bertz CT molecular complexity index is 2130. The van der Waals surface area contributed by atoms with Crippen molar-refractivity contribution in [1.29, 1.82) is 5.26 Å². The SMILES string of the molecule is Cc1nn2c(c1/N=N/c1c(C#N)cnn1-c1cc(S(=O)(=O)O)ccc1S(=O)(=O)O)N(C)c1ccccc1S2(=O)=O. The number of rotatable bonds is 5. The molecule has 0 aliphatic carbocycles. The van der Waals surface area contributed by atoms with E-state index in [2.05, 4.69) is 20.4 Å². The van der Waals surface area contributed by atoms with E-state index in [1.165, 1.54) is 17.9 Å². The maximum absolute atomic E-state index is 13.2. The molecular weight excluding hydrogens is 588 g/mol. The maximum Gasteiger partial charge on any atom is 0.296 e. The van der Waals surface area contributed by atoms with Crippen LogP contribution in [0.4, 0.5) is 23.0 Å². The topological polar surface area (TPSA) is 230 Å². The summed E-state index contributed by atoms with van der Waals surface area (Å²) in [6.45, 7) is 1.47. The van der Waals surface area contributed by atoms with Crippen LogP contribution in [-0.4, -0.2) is 60.4 Å². The molecule has 19 heteroatoms. The molecule has 2 aromatic carbocycles. The third kappa shape index (κ3) is 4.23. The normalized spacial score (nSPS) is 14.6. The molecule has 0 atom stereocenters. The van der Waals surface area contributed by atoms with Crippen LogP contribution in [0.1, 0.15) is 11.3 Å². The first-order valence-corrected chi connectivity index (χ1v) is 15.2. The lowest BCUT2D eigenvalue weighted by atomic mass is 10.3. The van der Waals surface area contributed by atoms with E-state index in [9.17, 15) is 39.6 Å². The Labute approximate surface area is 227 Å². The van der Waals surface area contributed by atoms with Crippen LogP contribution >= 0.6 is 0 Å². The molecule has 5 rings (SSSR count). The van der Waals surface area contributed by atoms with Gasteiger partial charge in [0.1, 0.15) is 21.4 Å². The highest BCUT2D eigenvalue weighted by Gasteiger charge is 2.36. The fourth-order valence-corrected chi connectivity index (χ4v) is 6.77. The van der Waals surface area contributed by atoms with E-state index >= 15 is 0 Å². The maximum atomic E-state index is 13.2. The van der Waals surface area contributed by atoms with Gasteiger partial charge in [-0.15, -0.1) is 14.3 Å². The molecule has 2 N–H and O–H groups in total. The predicted octanol–water partition coefficient (Wildman–Crippen LogP) is 2.48. The number of anilines is 2. The number of aromatic nitrogens is 4. The van der Waals surface area contributed by atoms with Gasteiger partial charge in [0.2, 0.25) is 0 Å². The zero-order chi connectivity index (χ0) is 29.2. The van der Waals surface area contributed by atoms with Gasteiger partial charge >= 0.3 is 0 Å². The first-order chi connectivity index (χ1) is 18.7. The monoisotopic (exact) mass is 604 g/mol. The Kier molecular flexibility index (Phi) is 6.12. The van der Waals surface area contributed by atoms with Crippen molar-refractivity contribution in [2.45, 2.75) is 21.6 Å². The van der Waals surface area contributed by atoms with Crippen LogP contribution in [0.25, 0.3) is 5.69 Å². The highest BCUT2D eigenvalue weighted by atomic mass is 32.2. The van der Waals surface area contributed by atoms with E-state index in [-0.39, 0.29) is 27.7 Å². The van der Waals surface area contributed by atoms with E-state index < -0.39 is 51.6 Å². The summed E-state index contributed by atoms with van der Waals surface area (Å²) in [7, 11) is -12.3. The lowest BCUT2D eigenvalue weighted by Gasteiger charge is -2.27. The van der Waals surface area contributed by atoms with Crippen molar-refractivity contribution >= 4 is 53.3 Å². The van der Waals surface area contributed by atoms with Crippen molar-refractivity contribution in [3.05, 3.63) is 59.9 Å². The minimum atomic E-state index is -4.96. The molecule has 0 radical (unpaired) electrons. The number of fused-ring (bicyclic) bond motifs is 2. The molecule has 0 spiro atoms. The van der Waals surface area contributed by atoms with Gasteiger partial charge in [0.05, 0.1) is 28.2 Å². The Morgan fingerprint density at radius 1 is 1.00 bits per heavy atom. The van der Waals surface area contributed by atoms with E-state index in [4.69, 9.17) is 0 Å². The lowest BCUT2D eigenvalue weighted by Crippen LogP contribution is -2.28. The van der Waals surface area contributed by atoms with Crippen molar-refractivity contribution in [2.24, 2.45) is 10.2 Å². The summed E-state index contributed by atoms with van der Waals surface area (Å²) in [5.74, 6) is -0.377. The Balaban J connectivity index is 1.72. The molecule has 0 unspecified atom stereocenters. The van der Waals surface area contributed by atoms with Gasteiger partial charge in [-0.3, -0.25) is 9.11 Å². The molecule has 206 valence electrons. The van der Waals surface area contributed by atoms with Gasteiger partial charge in [-0.1, -0.05) is 12.1 Å². The molecular formula is C21H16N8O8S3. The van der Waals surface area contributed by atoms with E-state index in [0.717, 1.165) is 27.1 Å². The number of nitriles is 1. The van der Waals surface area contributed by atoms with Gasteiger partial charge in [-0.05, 0) is 37.3 Å². The summed E-state index contributed by atoms with van der Waals surface area (Å²) in [5.41, 5.74) is -0.353. The largest absolute Gasteiger partial charge is 0.326 e. The van der Waals surface area contributed by atoms with Crippen molar-refractivity contribution in [3.8, 4) is 11.8 Å². The van der Waals surface area contributed by atoms with Crippen LogP contribution in [0.2, 0.25) is 0 Å². The smallest absolute Gasteiger partial charge is 0.296 e. The van der Waals surface area contributed by atoms with Crippen LogP contribution in [0.15, 0.2) is 73.6 Å². The van der Waals surface area contributed by atoms with Crippen LogP contribution in [0, 0.1) is 18.3 Å². The molecule has 1 aliphatic heterocycles. The van der Waals surface area contributed by atoms with Crippen LogP contribution in [0.3, 0.4) is 0 Å². The van der Waals surface area contributed by atoms with Gasteiger partial charge in [0.25, 0.3) is 30.3 Å². The van der Waals surface area contributed by atoms with Gasteiger partial charge in [-0.25, -0.2) is 4.68 Å². The standard InChI is InChI=1S/C21H16N8O8S3/c1-12-19(21-27(2)15-5-3-4-6-17(15)38(30,31)29(21)26-12)24-25-20-13(10-22)11-23-28(20)16-9-14(39(32,33)34)7-8-18(16)40(35,36)37/h3-9,11H,1-2H3,(H,32,33,34)(H,35,36,37)/b25-24+. The average molecular weight is 605 g/mol. The van der Waals surface area contributed by atoms with Gasteiger partial charge in [0, 0.05) is 7.05 Å². The van der Waals surface area contributed by atoms with Gasteiger partial charge in [0.15, 0.2) is 17.3 Å². The first-order valence-electron chi connectivity index (χ1n) is 10.8. The zero-order valence-electron chi connectivity index (χ0n) is 20.3. The summed E-state index contributed by atoms with van der Waals surface area (Å²) in [6.07, 6.45) is 0.982. The second-order valence-electron chi connectivity index (χ2n) is 8.32. The number of hydrogen-bond acceptors (Lipinski definition) is 12. The number of para-hydroxylation sites is 1. The van der Waals surface area contributed by atoms with Gasteiger partial charge < -0.3 is 4.90 Å². The Morgan fingerprint density at radius 3 is 2.35 bits per heavy atom. The molecule has 3 heterocycles. The second-order valence-corrected chi connectivity index (χ2v) is 12.9. The number of benzene rings is 2. The lowest BCUT2D eigenvalue weighted by molar-refractivity contribution is 0.477. The summed E-state index contributed by atoms with van der Waals surface area (Å²) in [6, 6.07) is 10.2. The summed E-state index contributed by atoms with van der Waals surface area (Å²) in [4.78, 5) is -0.0131. The van der Waals surface area contributed by atoms with Crippen LogP contribution < -0.4 is 4.90 Å². The fourth-order valence-electron chi connectivity index (χ4n) is 4.05. The number of nitrogens with zero attached hydrogens (tertiary/aromatic N) is 8. The molecule has 0 saturated heterocycles. The minimum Gasteiger partial charge on any atom is -0.326 e. The van der Waals surface area contributed by atoms with Crippen molar-refractivity contribution in [1.82, 2.24) is 19.0 Å². The number of aryl methyl sites for hydroxylation is 1. The quantitative estimate of drug-likeness (QED) is 0.247. The molecule has 2 aromatic heterocycles. The number of hydrogen-bond donors (Lipinski definition) is 2. The minimum absolute atomic E-state index is 0.0114. The first kappa shape index (κ1) is 27.1. The van der Waals surface area contributed by atoms with Crippen LogP contribution in [0.5, 0.6) is 0 Å². The second kappa shape index (κ2) is 9.04. The molecule has 0 bridgehead atoms. The molecule has 40 heavy (non-hydrogen) atoms. The van der Waals surface area contributed by atoms with Crippen molar-refractivity contribution < 1.29 is 34.4 Å². The van der Waals surface area contributed by atoms with E-state index in [1.807, 2.05) is 0 Å². The Morgan fingerprint density at radius 2 is 1.70 bits per heavy atom. The summed E-state index contributed by atoms with van der Waals surface area (Å²) < 4.78 is 94.6. The summed E-state index contributed by atoms with van der Waals surface area (Å²) in [5, 5.41) is 25.7. The van der Waals surface area contributed by atoms with Gasteiger partial charge in [-0.2, -0.15) is 40.7 Å². The van der Waals surface area contributed by atoms with E-state index in [1.54, 1.807) is 31.3 Å². The number of azo groups is 1. The highest BCUT2D eigenvalue weighted by Crippen LogP contribution is 2.44. The van der Waals surface area contributed by atoms with E-state index in [0.29, 0.717) is 11.8 Å². The third-order valence-corrected chi connectivity index (χ3v) is 9.23. The zero-order valence-corrected chi connectivity index (χ0v) is 22.7. The summed E-state index contributed by atoms with van der Waals surface area (Å²) >= 11 is 0. The van der Waals surface area contributed by atoms with Crippen molar-refractivity contribution in [2.75, 3.05) is 11.9 Å². The van der Waals surface area contributed by atoms with Crippen LogP contribution in [-0.2, 0) is 30.3 Å². The molecule has 0 fully saturated rings. The molecule has 4 aromatic rings. The molecule has 0 saturated carbocycles. The predicted molar refractivity (Wildman–Crippen MR) is 136 cm³/mol. The third-order valence-electron chi connectivity index (χ3n) is 5.87. The highest BCUT2D eigenvalue weighted by molar-refractivity contribution is 7.90. The Hall–Kier alpha value is -4.48.